The van der Waals surface area contributed by atoms with Crippen molar-refractivity contribution in [2.24, 2.45) is 0 Å². The van der Waals surface area contributed by atoms with Gasteiger partial charge in [0.15, 0.2) is 5.78 Å². The summed E-state index contributed by atoms with van der Waals surface area (Å²) in [5, 5.41) is 0. The molecule has 1 aliphatic heterocycles. The molecule has 0 amide bonds. The van der Waals surface area contributed by atoms with Crippen molar-refractivity contribution in [1.82, 2.24) is 0 Å². The van der Waals surface area contributed by atoms with Crippen molar-refractivity contribution >= 4 is 40.3 Å². The zero-order valence-corrected chi connectivity index (χ0v) is 27.8. The number of carbonyl (C=O) groups excluding carboxylic acids is 1. The topological polar surface area (TPSA) is 20.3 Å². The summed E-state index contributed by atoms with van der Waals surface area (Å²) in [6.07, 6.45) is 2.79. The van der Waals surface area contributed by atoms with E-state index in [2.05, 4.69) is 151 Å². The third kappa shape index (κ3) is 3.97. The standard InChI is InChI=1S/C46H31NOS/c1-29-13-5-12-22-40(29)47-41-24-23-30(25-33-27-32-16-6-7-17-34(32)44(33)48)26-39(41)46(45-42(47)28-43(49-45)31-14-3-2-4-15-31)37-20-10-8-18-35(37)36-19-9-11-21-38(36)46/h2-26,28H,27H2,1H3/b33-25+. The Morgan fingerprint density at radius 1 is 0.612 bits per heavy atom. The minimum atomic E-state index is -0.536. The van der Waals surface area contributed by atoms with Gasteiger partial charge < -0.3 is 4.90 Å². The van der Waals surface area contributed by atoms with Gasteiger partial charge in [0.1, 0.15) is 0 Å². The first kappa shape index (κ1) is 28.3. The van der Waals surface area contributed by atoms with Crippen LogP contribution in [0.25, 0.3) is 27.6 Å². The average molecular weight is 646 g/mol. The maximum atomic E-state index is 13.6. The van der Waals surface area contributed by atoms with Crippen LogP contribution in [0.2, 0.25) is 0 Å². The molecule has 1 aromatic heterocycles. The lowest BCUT2D eigenvalue weighted by Gasteiger charge is -2.43. The molecular formula is C46H31NOS. The Bertz CT molecular complexity index is 2470. The number of rotatable bonds is 3. The van der Waals surface area contributed by atoms with Crippen LogP contribution in [0.3, 0.4) is 0 Å². The van der Waals surface area contributed by atoms with Crippen LogP contribution in [0.15, 0.2) is 157 Å². The molecule has 0 fully saturated rings. The second kappa shape index (κ2) is 10.6. The monoisotopic (exact) mass is 645 g/mol. The SMILES string of the molecule is Cc1ccccc1N1c2ccc(/C=C3\Cc4ccccc4C3=O)cc2C2(c3ccccc3-c3ccccc32)c2sc(-c3ccccc3)cc21. The van der Waals surface area contributed by atoms with Gasteiger partial charge in [-0.05, 0) is 87.3 Å². The summed E-state index contributed by atoms with van der Waals surface area (Å²) in [6.45, 7) is 2.20. The Kier molecular flexibility index (Phi) is 6.12. The molecule has 7 aromatic rings. The number of para-hydroxylation sites is 1. The van der Waals surface area contributed by atoms with E-state index in [0.717, 1.165) is 28.0 Å². The number of carbonyl (C=O) groups is 1. The van der Waals surface area contributed by atoms with E-state index in [9.17, 15) is 4.79 Å². The second-order valence-electron chi connectivity index (χ2n) is 13.3. The largest absolute Gasteiger partial charge is 0.309 e. The normalized spacial score (nSPS) is 15.6. The lowest BCUT2D eigenvalue weighted by Crippen LogP contribution is -2.35. The van der Waals surface area contributed by atoms with Gasteiger partial charge in [-0.2, -0.15) is 0 Å². The number of aryl methyl sites for hydroxylation is 1. The molecule has 0 unspecified atom stereocenters. The van der Waals surface area contributed by atoms with Gasteiger partial charge in [0.05, 0.1) is 16.8 Å². The molecule has 0 saturated carbocycles. The number of thiophene rings is 1. The smallest absolute Gasteiger partial charge is 0.189 e. The number of benzene rings is 6. The van der Waals surface area contributed by atoms with Crippen molar-refractivity contribution in [3.8, 4) is 21.6 Å². The summed E-state index contributed by atoms with van der Waals surface area (Å²) in [6, 6.07) is 54.6. The highest BCUT2D eigenvalue weighted by Crippen LogP contribution is 2.66. The number of fused-ring (bicyclic) bond motifs is 10. The van der Waals surface area contributed by atoms with Gasteiger partial charge in [0.25, 0.3) is 0 Å². The van der Waals surface area contributed by atoms with Gasteiger partial charge in [-0.25, -0.2) is 0 Å². The number of hydrogen-bond acceptors (Lipinski definition) is 3. The molecular weight excluding hydrogens is 615 g/mol. The molecule has 3 heteroatoms. The Hall–Kier alpha value is -5.77. The highest BCUT2D eigenvalue weighted by Gasteiger charge is 2.53. The van der Waals surface area contributed by atoms with Crippen molar-refractivity contribution in [2.45, 2.75) is 18.8 Å². The zero-order valence-electron chi connectivity index (χ0n) is 27.0. The average Bonchev–Trinajstić information content (AvgIpc) is 3.81. The molecule has 10 rings (SSSR count). The van der Waals surface area contributed by atoms with Gasteiger partial charge in [-0.3, -0.25) is 4.79 Å². The summed E-state index contributed by atoms with van der Waals surface area (Å²) >= 11 is 1.90. The predicted molar refractivity (Wildman–Crippen MR) is 202 cm³/mol. The maximum absolute atomic E-state index is 13.6. The molecule has 2 nitrogen and oxygen atoms in total. The van der Waals surface area contributed by atoms with Gasteiger partial charge in [0.2, 0.25) is 0 Å². The first-order valence-electron chi connectivity index (χ1n) is 16.9. The molecule has 0 atom stereocenters. The van der Waals surface area contributed by atoms with Crippen molar-refractivity contribution < 1.29 is 4.79 Å². The zero-order chi connectivity index (χ0) is 32.7. The van der Waals surface area contributed by atoms with E-state index in [1.807, 2.05) is 29.5 Å². The van der Waals surface area contributed by atoms with Crippen molar-refractivity contribution in [2.75, 3.05) is 4.90 Å². The second-order valence-corrected chi connectivity index (χ2v) is 14.3. The molecule has 232 valence electrons. The minimum Gasteiger partial charge on any atom is -0.309 e. The molecule has 0 N–H and O–H groups in total. The number of allylic oxidation sites excluding steroid dienone is 1. The van der Waals surface area contributed by atoms with E-state index in [1.165, 1.54) is 60.1 Å². The number of nitrogens with zero attached hydrogens (tertiary/aromatic N) is 1. The van der Waals surface area contributed by atoms with E-state index in [0.29, 0.717) is 6.42 Å². The van der Waals surface area contributed by atoms with Crippen LogP contribution in [0.4, 0.5) is 17.1 Å². The van der Waals surface area contributed by atoms with Crippen LogP contribution in [-0.2, 0) is 11.8 Å². The van der Waals surface area contributed by atoms with E-state index >= 15 is 0 Å². The van der Waals surface area contributed by atoms with Crippen molar-refractivity contribution in [1.29, 1.82) is 0 Å². The molecule has 2 aliphatic carbocycles. The number of ketones is 1. The number of hydrogen-bond donors (Lipinski definition) is 0. The third-order valence-electron chi connectivity index (χ3n) is 10.6. The Morgan fingerprint density at radius 3 is 2.00 bits per heavy atom. The van der Waals surface area contributed by atoms with E-state index < -0.39 is 5.41 Å². The molecule has 0 saturated heterocycles. The van der Waals surface area contributed by atoms with Crippen LogP contribution in [-0.4, -0.2) is 5.78 Å². The lowest BCUT2D eigenvalue weighted by molar-refractivity contribution is 0.104. The third-order valence-corrected chi connectivity index (χ3v) is 11.9. The lowest BCUT2D eigenvalue weighted by atomic mass is 9.68. The highest BCUT2D eigenvalue weighted by molar-refractivity contribution is 7.16. The number of Topliss-reactive ketones (excluding diaryl/α,β-unsaturated/α-hetero) is 1. The van der Waals surface area contributed by atoms with Gasteiger partial charge >= 0.3 is 0 Å². The Labute approximate surface area is 290 Å². The summed E-state index contributed by atoms with van der Waals surface area (Å²) in [7, 11) is 0. The van der Waals surface area contributed by atoms with Crippen molar-refractivity contribution in [3.05, 3.63) is 201 Å². The molecule has 6 aromatic carbocycles. The minimum absolute atomic E-state index is 0.133. The molecule has 1 spiro atoms. The van der Waals surface area contributed by atoms with Crippen LogP contribution in [0.1, 0.15) is 48.6 Å². The summed E-state index contributed by atoms with van der Waals surface area (Å²) < 4.78 is 0. The fourth-order valence-electron chi connectivity index (χ4n) is 8.47. The molecule has 0 bridgehead atoms. The predicted octanol–water partition coefficient (Wildman–Crippen LogP) is 11.7. The van der Waals surface area contributed by atoms with E-state index in [4.69, 9.17) is 0 Å². The van der Waals surface area contributed by atoms with Crippen LogP contribution in [0.5, 0.6) is 0 Å². The molecule has 3 aliphatic rings. The van der Waals surface area contributed by atoms with Gasteiger partial charge in [0, 0.05) is 33.0 Å². The Balaban J connectivity index is 1.30. The van der Waals surface area contributed by atoms with Crippen LogP contribution < -0.4 is 4.90 Å². The molecule has 2 heterocycles. The van der Waals surface area contributed by atoms with Crippen LogP contribution in [0, 0.1) is 6.92 Å². The maximum Gasteiger partial charge on any atom is 0.189 e. The van der Waals surface area contributed by atoms with E-state index in [-0.39, 0.29) is 5.78 Å². The quantitative estimate of drug-likeness (QED) is 0.178. The van der Waals surface area contributed by atoms with Crippen LogP contribution >= 0.6 is 11.3 Å². The van der Waals surface area contributed by atoms with Crippen molar-refractivity contribution in [3.63, 3.8) is 0 Å². The first-order valence-corrected chi connectivity index (χ1v) is 17.7. The van der Waals surface area contributed by atoms with E-state index in [1.54, 1.807) is 0 Å². The number of anilines is 3. The Morgan fingerprint density at radius 2 is 1.27 bits per heavy atom. The van der Waals surface area contributed by atoms with Gasteiger partial charge in [-0.1, -0.05) is 127 Å². The summed E-state index contributed by atoms with van der Waals surface area (Å²) in [5.41, 5.74) is 15.7. The summed E-state index contributed by atoms with van der Waals surface area (Å²) in [4.78, 5) is 18.6. The van der Waals surface area contributed by atoms with Gasteiger partial charge in [-0.15, -0.1) is 11.3 Å². The summed E-state index contributed by atoms with van der Waals surface area (Å²) in [5.74, 6) is 0.133. The molecule has 0 radical (unpaired) electrons. The fourth-order valence-corrected chi connectivity index (χ4v) is 9.85. The molecule has 49 heavy (non-hydrogen) atoms. The fraction of sp³-hybridized carbons (Fsp3) is 0.0652. The first-order chi connectivity index (χ1) is 24.1. The highest BCUT2D eigenvalue weighted by atomic mass is 32.1.